The molecule has 12 nitrogen and oxygen atoms in total. The molecule has 2 saturated heterocycles. The van der Waals surface area contributed by atoms with Crippen molar-refractivity contribution in [3.05, 3.63) is 40.8 Å². The molecule has 12 heteroatoms. The Balaban J connectivity index is 1.08. The van der Waals surface area contributed by atoms with Crippen LogP contribution in [-0.4, -0.2) is 96.7 Å². The highest BCUT2D eigenvalue weighted by molar-refractivity contribution is 5.74. The minimum atomic E-state index is -0.204. The van der Waals surface area contributed by atoms with Gasteiger partial charge < -0.3 is 15.1 Å². The zero-order valence-electron chi connectivity index (χ0n) is 22.4. The number of hydrogen-bond acceptors (Lipinski definition) is 10. The largest absolute Gasteiger partial charge is 0.371 e. The maximum Gasteiger partial charge on any atom is 0.299 e. The van der Waals surface area contributed by atoms with E-state index in [2.05, 4.69) is 71.8 Å². The Hall–Kier alpha value is -3.64. The van der Waals surface area contributed by atoms with E-state index in [9.17, 15) is 4.79 Å². The molecule has 0 bridgehead atoms. The average Bonchev–Trinajstić information content (AvgIpc) is 3.68. The minimum Gasteiger partial charge on any atom is -0.371 e. The van der Waals surface area contributed by atoms with Crippen molar-refractivity contribution < 1.29 is 0 Å². The molecule has 1 saturated carbocycles. The molecule has 3 aromatic heterocycles. The lowest BCUT2D eigenvalue weighted by atomic mass is 10.0. The fourth-order valence-corrected chi connectivity index (χ4v) is 6.50. The van der Waals surface area contributed by atoms with Gasteiger partial charge >= 0.3 is 0 Å². The van der Waals surface area contributed by atoms with Crippen molar-refractivity contribution in [2.45, 2.75) is 50.6 Å². The summed E-state index contributed by atoms with van der Waals surface area (Å²) in [6.07, 6.45) is 8.23. The summed E-state index contributed by atoms with van der Waals surface area (Å²) in [7, 11) is 2.22. The summed E-state index contributed by atoms with van der Waals surface area (Å²) < 4.78 is 3.21. The Morgan fingerprint density at radius 2 is 1.62 bits per heavy atom. The molecule has 39 heavy (non-hydrogen) atoms. The number of rotatable bonds is 5. The zero-order chi connectivity index (χ0) is 26.3. The summed E-state index contributed by atoms with van der Waals surface area (Å²) in [5, 5.41) is 15.0. The van der Waals surface area contributed by atoms with E-state index in [0.29, 0.717) is 23.2 Å². The molecule has 204 valence electrons. The van der Waals surface area contributed by atoms with Crippen molar-refractivity contribution in [3.63, 3.8) is 0 Å². The van der Waals surface area contributed by atoms with Crippen molar-refractivity contribution in [2.24, 2.45) is 0 Å². The maximum absolute atomic E-state index is 13.3. The van der Waals surface area contributed by atoms with E-state index in [1.807, 2.05) is 0 Å². The van der Waals surface area contributed by atoms with Crippen molar-refractivity contribution in [2.75, 3.05) is 56.5 Å². The number of hydrogen-bond donors (Lipinski definition) is 1. The van der Waals surface area contributed by atoms with Gasteiger partial charge in [-0.1, -0.05) is 12.8 Å². The van der Waals surface area contributed by atoms with Gasteiger partial charge in [0.15, 0.2) is 5.65 Å². The summed E-state index contributed by atoms with van der Waals surface area (Å²) >= 11 is 0. The number of benzene rings is 1. The van der Waals surface area contributed by atoms with Gasteiger partial charge in [0.25, 0.3) is 5.56 Å². The highest BCUT2D eigenvalue weighted by atomic mass is 16.1. The molecule has 3 fully saturated rings. The van der Waals surface area contributed by atoms with Crippen molar-refractivity contribution in [1.82, 2.24) is 44.4 Å². The van der Waals surface area contributed by atoms with E-state index in [4.69, 9.17) is 4.98 Å². The van der Waals surface area contributed by atoms with Gasteiger partial charge in [0.05, 0.1) is 6.20 Å². The van der Waals surface area contributed by atoms with Crippen LogP contribution in [0.5, 0.6) is 0 Å². The molecule has 0 unspecified atom stereocenters. The van der Waals surface area contributed by atoms with Crippen LogP contribution in [0.25, 0.3) is 16.8 Å². The molecule has 2 aliphatic heterocycles. The Morgan fingerprint density at radius 1 is 0.872 bits per heavy atom. The van der Waals surface area contributed by atoms with Crippen molar-refractivity contribution in [1.29, 1.82) is 0 Å². The number of likely N-dealkylation sites (N-methyl/N-ethyl adjacent to an activating group) is 1. The SMILES string of the molecule is CN1CCN(C2CCN(c3ccc(Nc4ncc5c(n4)n(C4CCCC4)c(=O)c4nnnn45)cc3)CC2)CC1. The molecule has 7 rings (SSSR count). The Morgan fingerprint density at radius 3 is 2.36 bits per heavy atom. The molecule has 1 aliphatic carbocycles. The number of piperazine rings is 1. The highest BCUT2D eigenvalue weighted by Gasteiger charge is 2.27. The molecule has 0 atom stereocenters. The van der Waals surface area contributed by atoms with E-state index < -0.39 is 0 Å². The summed E-state index contributed by atoms with van der Waals surface area (Å²) in [6, 6.07) is 9.28. The normalized spacial score (nSPS) is 20.4. The predicted octanol–water partition coefficient (Wildman–Crippen LogP) is 2.30. The van der Waals surface area contributed by atoms with Gasteiger partial charge in [0.1, 0.15) is 5.52 Å². The number of aromatic nitrogens is 7. The minimum absolute atomic E-state index is 0.101. The van der Waals surface area contributed by atoms with E-state index >= 15 is 0 Å². The molecule has 4 aromatic rings. The second-order valence-electron chi connectivity index (χ2n) is 11.2. The van der Waals surface area contributed by atoms with Gasteiger partial charge in [-0.25, -0.2) is 4.98 Å². The fourth-order valence-electron chi connectivity index (χ4n) is 6.50. The number of nitrogens with zero attached hydrogens (tertiary/aromatic N) is 10. The van der Waals surface area contributed by atoms with Crippen LogP contribution < -0.4 is 15.8 Å². The number of nitrogens with one attached hydrogen (secondary N) is 1. The quantitative estimate of drug-likeness (QED) is 0.413. The highest BCUT2D eigenvalue weighted by Crippen LogP contribution is 2.31. The summed E-state index contributed by atoms with van der Waals surface area (Å²) in [5.41, 5.74) is 3.34. The monoisotopic (exact) mass is 529 g/mol. The standard InChI is InChI=1S/C27H35N11O/c1-34-14-16-36(17-15-34)21-10-12-35(13-11-21)20-8-6-19(7-9-20)29-27-28-18-23-24(30-27)37(22-4-2-3-5-22)26(39)25-31-32-33-38(23)25/h6-9,18,21-22H,2-5,10-17H2,1H3,(H,28,29,30). The number of piperidine rings is 1. The van der Waals surface area contributed by atoms with Crippen LogP contribution in [0.4, 0.5) is 17.3 Å². The second-order valence-corrected chi connectivity index (χ2v) is 11.2. The second kappa shape index (κ2) is 10.2. The molecule has 0 amide bonds. The van der Waals surface area contributed by atoms with Gasteiger partial charge in [-0.15, -0.1) is 5.10 Å². The fraction of sp³-hybridized carbons (Fsp3) is 0.556. The first-order chi connectivity index (χ1) is 19.1. The lowest BCUT2D eigenvalue weighted by Gasteiger charge is -2.42. The first kappa shape index (κ1) is 24.4. The van der Waals surface area contributed by atoms with Gasteiger partial charge in [-0.05, 0) is 67.4 Å². The lowest BCUT2D eigenvalue weighted by Crippen LogP contribution is -2.52. The maximum atomic E-state index is 13.3. The van der Waals surface area contributed by atoms with Crippen molar-refractivity contribution in [3.8, 4) is 0 Å². The number of tetrazole rings is 1. The molecule has 0 spiro atoms. The molecular formula is C27H35N11O. The van der Waals surface area contributed by atoms with E-state index in [-0.39, 0.29) is 17.2 Å². The van der Waals surface area contributed by atoms with Gasteiger partial charge in [-0.2, -0.15) is 9.50 Å². The van der Waals surface area contributed by atoms with Crippen LogP contribution >= 0.6 is 0 Å². The molecule has 1 aromatic carbocycles. The third kappa shape index (κ3) is 4.61. The lowest BCUT2D eigenvalue weighted by molar-refractivity contribution is 0.0982. The molecule has 1 N–H and O–H groups in total. The van der Waals surface area contributed by atoms with Crippen LogP contribution in [0.15, 0.2) is 35.3 Å². The van der Waals surface area contributed by atoms with Crippen LogP contribution in [0, 0.1) is 0 Å². The Bertz CT molecular complexity index is 1510. The summed E-state index contributed by atoms with van der Waals surface area (Å²) in [5.74, 6) is 0.446. The molecular weight excluding hydrogens is 494 g/mol. The van der Waals surface area contributed by atoms with Crippen LogP contribution in [-0.2, 0) is 0 Å². The molecule has 5 heterocycles. The Kier molecular flexibility index (Phi) is 6.36. The molecule has 0 radical (unpaired) electrons. The smallest absolute Gasteiger partial charge is 0.299 e. The number of anilines is 3. The number of fused-ring (bicyclic) bond motifs is 3. The van der Waals surface area contributed by atoms with Gasteiger partial charge in [0, 0.05) is 62.7 Å². The zero-order valence-corrected chi connectivity index (χ0v) is 22.4. The molecule has 3 aliphatic rings. The average molecular weight is 530 g/mol. The summed E-state index contributed by atoms with van der Waals surface area (Å²) in [6.45, 7) is 6.90. The van der Waals surface area contributed by atoms with Gasteiger partial charge in [-0.3, -0.25) is 14.3 Å². The predicted molar refractivity (Wildman–Crippen MR) is 150 cm³/mol. The Labute approximate surface area is 226 Å². The first-order valence-electron chi connectivity index (χ1n) is 14.2. The first-order valence-corrected chi connectivity index (χ1v) is 14.2. The van der Waals surface area contributed by atoms with Crippen LogP contribution in [0.3, 0.4) is 0 Å². The topological polar surface area (TPSA) is 113 Å². The van der Waals surface area contributed by atoms with Crippen LogP contribution in [0.1, 0.15) is 44.6 Å². The van der Waals surface area contributed by atoms with Crippen LogP contribution in [0.2, 0.25) is 0 Å². The van der Waals surface area contributed by atoms with E-state index in [1.54, 1.807) is 10.8 Å². The third-order valence-electron chi connectivity index (χ3n) is 8.78. The van der Waals surface area contributed by atoms with Gasteiger partial charge in [0.2, 0.25) is 11.6 Å². The van der Waals surface area contributed by atoms with Crippen molar-refractivity contribution >= 4 is 34.1 Å². The van der Waals surface area contributed by atoms with E-state index in [0.717, 1.165) is 44.5 Å². The third-order valence-corrected chi connectivity index (χ3v) is 8.78. The summed E-state index contributed by atoms with van der Waals surface area (Å²) in [4.78, 5) is 30.2. The van der Waals surface area contributed by atoms with E-state index in [1.165, 1.54) is 49.2 Å².